The Morgan fingerprint density at radius 3 is 2.47 bits per heavy atom. The Kier molecular flexibility index (Phi) is 6.06. The number of fused-ring (bicyclic) bond motifs is 1. The fraction of sp³-hybridized carbons (Fsp3) is 0.192. The number of rotatable bonds is 6. The van der Waals surface area contributed by atoms with Gasteiger partial charge in [-0.25, -0.2) is 8.42 Å². The first-order valence-electron chi connectivity index (χ1n) is 11.1. The Morgan fingerprint density at radius 2 is 1.74 bits per heavy atom. The maximum atomic E-state index is 13.0. The lowest BCUT2D eigenvalue weighted by Crippen LogP contribution is -2.29. The Morgan fingerprint density at radius 1 is 1.00 bits per heavy atom. The summed E-state index contributed by atoms with van der Waals surface area (Å²) in [5, 5.41) is 4.76. The van der Waals surface area contributed by atoms with Gasteiger partial charge in [0.05, 0.1) is 11.4 Å². The summed E-state index contributed by atoms with van der Waals surface area (Å²) in [7, 11) is -3.26. The standard InChI is InChI=1S/C26H24ClN3O3S/c27-24-8-3-1-6-20(24)22(23-16-28-25-9-4-2-7-21(23)25)17-29-26(31)18-10-12-19(13-11-18)30-14-5-15-34(30,32)33/h1-4,6-13,16,22,28H,5,14-15,17H2,(H,29,31)/t22-/m0/s1. The average Bonchev–Trinajstić information content (AvgIpc) is 3.43. The van der Waals surface area contributed by atoms with Gasteiger partial charge in [-0.05, 0) is 53.9 Å². The van der Waals surface area contributed by atoms with Crippen LogP contribution in [-0.4, -0.2) is 38.2 Å². The summed E-state index contributed by atoms with van der Waals surface area (Å²) in [5.41, 5.74) is 4.06. The second-order valence-corrected chi connectivity index (χ2v) is 10.8. The van der Waals surface area contributed by atoms with Crippen LogP contribution in [-0.2, 0) is 10.0 Å². The molecule has 0 radical (unpaired) electrons. The van der Waals surface area contributed by atoms with Crippen molar-refractivity contribution in [2.45, 2.75) is 12.3 Å². The summed E-state index contributed by atoms with van der Waals surface area (Å²) in [4.78, 5) is 16.3. The number of carbonyl (C=O) groups excluding carboxylic acids is 1. The number of benzene rings is 3. The fourth-order valence-corrected chi connectivity index (χ4v) is 6.36. The number of sulfonamides is 1. The number of hydrogen-bond donors (Lipinski definition) is 2. The molecule has 1 aliphatic heterocycles. The van der Waals surface area contributed by atoms with E-state index in [1.807, 2.05) is 48.7 Å². The molecule has 4 aromatic rings. The number of aromatic nitrogens is 1. The molecule has 1 amide bonds. The predicted molar refractivity (Wildman–Crippen MR) is 136 cm³/mol. The minimum atomic E-state index is -3.26. The zero-order valence-electron chi connectivity index (χ0n) is 18.4. The van der Waals surface area contributed by atoms with Crippen molar-refractivity contribution in [3.05, 3.63) is 101 Å². The van der Waals surface area contributed by atoms with E-state index in [1.54, 1.807) is 24.3 Å². The third kappa shape index (κ3) is 4.29. The molecule has 0 unspecified atom stereocenters. The quantitative estimate of drug-likeness (QED) is 0.400. The molecule has 0 saturated carbocycles. The second-order valence-electron chi connectivity index (χ2n) is 8.36. The maximum absolute atomic E-state index is 13.0. The Bertz CT molecular complexity index is 1450. The van der Waals surface area contributed by atoms with Crippen LogP contribution in [0.1, 0.15) is 33.8 Å². The number of halogens is 1. The molecule has 6 nitrogen and oxygen atoms in total. The van der Waals surface area contributed by atoms with Crippen molar-refractivity contribution in [3.63, 3.8) is 0 Å². The van der Waals surface area contributed by atoms with Crippen molar-refractivity contribution in [1.82, 2.24) is 10.3 Å². The zero-order chi connectivity index (χ0) is 23.7. The number of aromatic amines is 1. The first-order valence-corrected chi connectivity index (χ1v) is 13.1. The lowest BCUT2D eigenvalue weighted by atomic mass is 9.90. The Labute approximate surface area is 203 Å². The van der Waals surface area contributed by atoms with Gasteiger partial charge in [0.2, 0.25) is 10.0 Å². The molecule has 1 aliphatic rings. The third-order valence-corrected chi connectivity index (χ3v) is 8.47. The molecule has 34 heavy (non-hydrogen) atoms. The van der Waals surface area contributed by atoms with Gasteiger partial charge in [-0.1, -0.05) is 48.0 Å². The third-order valence-electron chi connectivity index (χ3n) is 6.26. The van der Waals surface area contributed by atoms with Crippen molar-refractivity contribution in [2.24, 2.45) is 0 Å². The van der Waals surface area contributed by atoms with E-state index in [2.05, 4.69) is 16.4 Å². The van der Waals surface area contributed by atoms with E-state index in [4.69, 9.17) is 11.6 Å². The number of hydrogen-bond acceptors (Lipinski definition) is 3. The SMILES string of the molecule is O=C(NC[C@@H](c1ccccc1Cl)c1c[nH]c2ccccc12)c1ccc(N2CCCS2(=O)=O)cc1. The van der Waals surface area contributed by atoms with Gasteiger partial charge in [-0.15, -0.1) is 0 Å². The minimum absolute atomic E-state index is 0.150. The first-order chi connectivity index (χ1) is 16.4. The van der Waals surface area contributed by atoms with Crippen LogP contribution in [0.5, 0.6) is 0 Å². The molecule has 8 heteroatoms. The number of nitrogens with zero attached hydrogens (tertiary/aromatic N) is 1. The highest BCUT2D eigenvalue weighted by molar-refractivity contribution is 7.93. The average molecular weight is 494 g/mol. The number of anilines is 1. The molecule has 2 heterocycles. The lowest BCUT2D eigenvalue weighted by Gasteiger charge is -2.20. The molecule has 174 valence electrons. The van der Waals surface area contributed by atoms with Crippen LogP contribution >= 0.6 is 11.6 Å². The van der Waals surface area contributed by atoms with Crippen molar-refractivity contribution in [2.75, 3.05) is 23.1 Å². The van der Waals surface area contributed by atoms with E-state index >= 15 is 0 Å². The topological polar surface area (TPSA) is 82.3 Å². The monoisotopic (exact) mass is 493 g/mol. The first kappa shape index (κ1) is 22.5. The van der Waals surface area contributed by atoms with E-state index in [9.17, 15) is 13.2 Å². The summed E-state index contributed by atoms with van der Waals surface area (Å²) in [6.07, 6.45) is 2.58. The largest absolute Gasteiger partial charge is 0.361 e. The smallest absolute Gasteiger partial charge is 0.251 e. The van der Waals surface area contributed by atoms with E-state index in [1.165, 1.54) is 4.31 Å². The van der Waals surface area contributed by atoms with Crippen LogP contribution < -0.4 is 9.62 Å². The lowest BCUT2D eigenvalue weighted by molar-refractivity contribution is 0.0952. The highest BCUT2D eigenvalue weighted by atomic mass is 35.5. The van der Waals surface area contributed by atoms with Crippen molar-refractivity contribution in [3.8, 4) is 0 Å². The van der Waals surface area contributed by atoms with E-state index in [0.717, 1.165) is 22.0 Å². The number of amides is 1. The number of nitrogens with one attached hydrogen (secondary N) is 2. The van der Waals surface area contributed by atoms with Gasteiger partial charge in [-0.2, -0.15) is 0 Å². The van der Waals surface area contributed by atoms with E-state index in [-0.39, 0.29) is 17.6 Å². The van der Waals surface area contributed by atoms with Crippen LogP contribution in [0.15, 0.2) is 79.0 Å². The molecule has 5 rings (SSSR count). The van der Waals surface area contributed by atoms with Gasteiger partial charge < -0.3 is 10.3 Å². The van der Waals surface area contributed by atoms with E-state index in [0.29, 0.717) is 35.8 Å². The molecule has 2 N–H and O–H groups in total. The van der Waals surface area contributed by atoms with Gasteiger partial charge in [-0.3, -0.25) is 9.10 Å². The highest BCUT2D eigenvalue weighted by Crippen LogP contribution is 2.34. The van der Waals surface area contributed by atoms with Gasteiger partial charge >= 0.3 is 0 Å². The van der Waals surface area contributed by atoms with Crippen LogP contribution in [0.3, 0.4) is 0 Å². The minimum Gasteiger partial charge on any atom is -0.361 e. The molecule has 1 atom stereocenters. The van der Waals surface area contributed by atoms with Gasteiger partial charge in [0.1, 0.15) is 0 Å². The Balaban J connectivity index is 1.38. The molecule has 1 saturated heterocycles. The fourth-order valence-electron chi connectivity index (χ4n) is 4.53. The van der Waals surface area contributed by atoms with E-state index < -0.39 is 10.0 Å². The molecule has 0 bridgehead atoms. The number of carbonyl (C=O) groups is 1. The Hall–Kier alpha value is -3.29. The summed E-state index contributed by atoms with van der Waals surface area (Å²) in [6.45, 7) is 0.824. The van der Waals surface area contributed by atoms with Gasteiger partial charge in [0, 0.05) is 46.7 Å². The second kappa shape index (κ2) is 9.16. The molecule has 1 fully saturated rings. The summed E-state index contributed by atoms with van der Waals surface area (Å²) < 4.78 is 25.7. The molecule has 0 spiro atoms. The number of para-hydroxylation sites is 1. The zero-order valence-corrected chi connectivity index (χ0v) is 19.9. The van der Waals surface area contributed by atoms with Crippen LogP contribution in [0.25, 0.3) is 10.9 Å². The molecular weight excluding hydrogens is 470 g/mol. The molecule has 0 aliphatic carbocycles. The highest BCUT2D eigenvalue weighted by Gasteiger charge is 2.28. The molecule has 1 aromatic heterocycles. The summed E-state index contributed by atoms with van der Waals surface area (Å²) in [5.74, 6) is -0.220. The van der Waals surface area contributed by atoms with Crippen molar-refractivity contribution >= 4 is 44.1 Å². The van der Waals surface area contributed by atoms with Crippen molar-refractivity contribution in [1.29, 1.82) is 0 Å². The van der Waals surface area contributed by atoms with Crippen LogP contribution in [0.4, 0.5) is 5.69 Å². The molecule has 3 aromatic carbocycles. The normalized spacial score (nSPS) is 16.0. The number of H-pyrrole nitrogens is 1. The van der Waals surface area contributed by atoms with Crippen LogP contribution in [0.2, 0.25) is 5.02 Å². The summed E-state index contributed by atoms with van der Waals surface area (Å²) in [6, 6.07) is 22.4. The van der Waals surface area contributed by atoms with Crippen LogP contribution in [0, 0.1) is 0 Å². The predicted octanol–water partition coefficient (Wildman–Crippen LogP) is 4.92. The maximum Gasteiger partial charge on any atom is 0.251 e. The summed E-state index contributed by atoms with van der Waals surface area (Å²) >= 11 is 6.55. The van der Waals surface area contributed by atoms with Crippen molar-refractivity contribution < 1.29 is 13.2 Å². The van der Waals surface area contributed by atoms with Gasteiger partial charge in [0.15, 0.2) is 0 Å². The molecular formula is C26H24ClN3O3S. The van der Waals surface area contributed by atoms with Gasteiger partial charge in [0.25, 0.3) is 5.91 Å².